The molecule has 158 valence electrons. The van der Waals surface area contributed by atoms with Crippen LogP contribution >= 0.6 is 0 Å². The number of aryl methyl sites for hydroxylation is 2. The number of amides is 2. The molecular formula is C18H16F3N5O4. The van der Waals surface area contributed by atoms with E-state index in [1.165, 1.54) is 37.0 Å². The van der Waals surface area contributed by atoms with Crippen LogP contribution in [0.2, 0.25) is 0 Å². The summed E-state index contributed by atoms with van der Waals surface area (Å²) in [5.41, 5.74) is 4.54. The van der Waals surface area contributed by atoms with E-state index in [0.717, 1.165) is 12.1 Å². The molecule has 12 heteroatoms. The van der Waals surface area contributed by atoms with Crippen molar-refractivity contribution >= 4 is 17.5 Å². The third-order valence-electron chi connectivity index (χ3n) is 4.16. The van der Waals surface area contributed by atoms with Crippen LogP contribution in [0, 0.1) is 6.92 Å². The van der Waals surface area contributed by atoms with E-state index in [0.29, 0.717) is 0 Å². The third kappa shape index (κ3) is 4.26. The van der Waals surface area contributed by atoms with Crippen molar-refractivity contribution in [3.63, 3.8) is 0 Å². The van der Waals surface area contributed by atoms with Gasteiger partial charge in [-0.25, -0.2) is 0 Å². The second kappa shape index (κ2) is 7.89. The number of hydrogen-bond donors (Lipinski definition) is 2. The number of ether oxygens (including phenoxy) is 1. The normalized spacial score (nSPS) is 11.4. The van der Waals surface area contributed by atoms with Crippen LogP contribution in [0.4, 0.5) is 18.9 Å². The largest absolute Gasteiger partial charge is 0.489 e. The summed E-state index contributed by atoms with van der Waals surface area (Å²) in [6.07, 6.45) is -3.27. The van der Waals surface area contributed by atoms with Gasteiger partial charge >= 0.3 is 6.18 Å². The van der Waals surface area contributed by atoms with Gasteiger partial charge in [0, 0.05) is 7.05 Å². The van der Waals surface area contributed by atoms with Gasteiger partial charge in [-0.3, -0.25) is 14.3 Å². The van der Waals surface area contributed by atoms with E-state index in [4.69, 9.17) is 15.0 Å². The van der Waals surface area contributed by atoms with Crippen LogP contribution in [0.3, 0.4) is 0 Å². The summed E-state index contributed by atoms with van der Waals surface area (Å²) < 4.78 is 50.1. The lowest BCUT2D eigenvalue weighted by Crippen LogP contribution is -2.21. The van der Waals surface area contributed by atoms with Crippen molar-refractivity contribution in [2.75, 3.05) is 5.32 Å². The topological polar surface area (TPSA) is 125 Å². The fraction of sp³-hybridized carbons (Fsp3) is 0.222. The van der Waals surface area contributed by atoms with Crippen molar-refractivity contribution < 1.29 is 32.0 Å². The highest BCUT2D eigenvalue weighted by molar-refractivity contribution is 6.07. The van der Waals surface area contributed by atoms with Gasteiger partial charge in [-0.1, -0.05) is 11.2 Å². The first-order chi connectivity index (χ1) is 14.1. The summed E-state index contributed by atoms with van der Waals surface area (Å²) >= 11 is 0. The predicted octanol–water partition coefficient (Wildman–Crippen LogP) is 2.67. The van der Waals surface area contributed by atoms with Crippen LogP contribution in [0.15, 0.2) is 35.0 Å². The number of nitrogens with zero attached hydrogens (tertiary/aromatic N) is 3. The molecule has 0 spiro atoms. The Morgan fingerprint density at radius 3 is 2.73 bits per heavy atom. The Labute approximate surface area is 167 Å². The van der Waals surface area contributed by atoms with Crippen LogP contribution in [0.5, 0.6) is 5.75 Å². The minimum Gasteiger partial charge on any atom is -0.489 e. The average Bonchev–Trinajstić information content (AvgIpc) is 3.22. The molecule has 0 aliphatic rings. The lowest BCUT2D eigenvalue weighted by atomic mass is 10.2. The van der Waals surface area contributed by atoms with Crippen molar-refractivity contribution in [3.05, 3.63) is 58.7 Å². The highest BCUT2D eigenvalue weighted by atomic mass is 19.4. The van der Waals surface area contributed by atoms with Gasteiger partial charge < -0.3 is 20.3 Å². The summed E-state index contributed by atoms with van der Waals surface area (Å²) in [5.74, 6) is -1.33. The monoisotopic (exact) mass is 423 g/mol. The molecule has 2 amide bonds. The van der Waals surface area contributed by atoms with Crippen molar-refractivity contribution in [2.24, 2.45) is 12.8 Å². The summed E-state index contributed by atoms with van der Waals surface area (Å²) in [6.45, 7) is 1.25. The summed E-state index contributed by atoms with van der Waals surface area (Å²) in [6, 6.07) is 4.32. The van der Waals surface area contributed by atoms with Crippen LogP contribution in [0.25, 0.3) is 0 Å². The molecule has 2 heterocycles. The first-order valence-corrected chi connectivity index (χ1v) is 8.46. The second-order valence-corrected chi connectivity index (χ2v) is 6.23. The number of rotatable bonds is 6. The Kier molecular flexibility index (Phi) is 5.49. The Balaban J connectivity index is 1.79. The molecule has 2 aromatic heterocycles. The molecule has 0 aliphatic heterocycles. The molecule has 3 aromatic rings. The number of benzene rings is 1. The minimum absolute atomic E-state index is 0.0228. The zero-order chi connectivity index (χ0) is 22.1. The molecule has 0 radical (unpaired) electrons. The van der Waals surface area contributed by atoms with E-state index in [9.17, 15) is 22.8 Å². The fourth-order valence-electron chi connectivity index (χ4n) is 2.66. The number of hydrogen-bond acceptors (Lipinski definition) is 6. The van der Waals surface area contributed by atoms with E-state index >= 15 is 0 Å². The van der Waals surface area contributed by atoms with E-state index in [1.54, 1.807) is 0 Å². The zero-order valence-corrected chi connectivity index (χ0v) is 15.8. The highest BCUT2D eigenvalue weighted by Gasteiger charge is 2.30. The number of nitrogens with two attached hydrogens (primary N) is 1. The molecule has 0 saturated heterocycles. The molecule has 1 aromatic carbocycles. The Hall–Kier alpha value is -3.83. The Bertz CT molecular complexity index is 1100. The molecule has 3 N–H and O–H groups in total. The van der Waals surface area contributed by atoms with Gasteiger partial charge in [0.2, 0.25) is 0 Å². The number of nitrogens with one attached hydrogen (secondary N) is 1. The van der Waals surface area contributed by atoms with Crippen molar-refractivity contribution in [2.45, 2.75) is 19.7 Å². The van der Waals surface area contributed by atoms with Crippen molar-refractivity contribution in [3.8, 4) is 5.75 Å². The fourth-order valence-corrected chi connectivity index (χ4v) is 2.66. The standard InChI is InChI=1S/C18H16F3N5O4/c1-9-12(8-29-11-5-3-4-10(6-11)18(19,20)21)14(25-30-9)17(28)24-13-7-23-26(2)15(13)16(22)27/h3-7H,8H2,1-2H3,(H2,22,27)(H,24,28). The maximum Gasteiger partial charge on any atom is 0.416 e. The molecule has 0 aliphatic carbocycles. The van der Waals surface area contributed by atoms with E-state index in [2.05, 4.69) is 15.6 Å². The third-order valence-corrected chi connectivity index (χ3v) is 4.16. The number of aromatic nitrogens is 3. The summed E-state index contributed by atoms with van der Waals surface area (Å²) in [4.78, 5) is 24.1. The maximum absolute atomic E-state index is 12.8. The van der Waals surface area contributed by atoms with Gasteiger partial charge in [0.05, 0.1) is 23.0 Å². The summed E-state index contributed by atoms with van der Waals surface area (Å²) in [5, 5.41) is 9.99. The number of primary amides is 1. The van der Waals surface area contributed by atoms with Crippen LogP contribution in [0.1, 0.15) is 37.9 Å². The average molecular weight is 423 g/mol. The first kappa shape index (κ1) is 20.9. The first-order valence-electron chi connectivity index (χ1n) is 8.46. The molecule has 0 bridgehead atoms. The number of halogens is 3. The van der Waals surface area contributed by atoms with Crippen LogP contribution in [-0.4, -0.2) is 26.8 Å². The number of alkyl halides is 3. The second-order valence-electron chi connectivity index (χ2n) is 6.23. The lowest BCUT2D eigenvalue weighted by molar-refractivity contribution is -0.137. The predicted molar refractivity (Wildman–Crippen MR) is 96.7 cm³/mol. The SMILES string of the molecule is Cc1onc(C(=O)Nc2cnn(C)c2C(N)=O)c1COc1cccc(C(F)(F)F)c1. The van der Waals surface area contributed by atoms with E-state index in [-0.39, 0.29) is 40.8 Å². The van der Waals surface area contributed by atoms with Gasteiger partial charge in [0.15, 0.2) is 5.69 Å². The summed E-state index contributed by atoms with van der Waals surface area (Å²) in [7, 11) is 1.48. The minimum atomic E-state index is -4.51. The van der Waals surface area contributed by atoms with Gasteiger partial charge in [-0.15, -0.1) is 0 Å². The van der Waals surface area contributed by atoms with E-state index in [1.807, 2.05) is 0 Å². The van der Waals surface area contributed by atoms with Crippen molar-refractivity contribution in [1.82, 2.24) is 14.9 Å². The Morgan fingerprint density at radius 2 is 2.07 bits per heavy atom. The van der Waals surface area contributed by atoms with Gasteiger partial charge in [-0.2, -0.15) is 18.3 Å². The molecule has 0 unspecified atom stereocenters. The number of carbonyl (C=O) groups excluding carboxylic acids is 2. The van der Waals surface area contributed by atoms with Gasteiger partial charge in [0.25, 0.3) is 11.8 Å². The molecule has 9 nitrogen and oxygen atoms in total. The van der Waals surface area contributed by atoms with Crippen molar-refractivity contribution in [1.29, 1.82) is 0 Å². The maximum atomic E-state index is 12.8. The van der Waals surface area contributed by atoms with Crippen LogP contribution < -0.4 is 15.8 Å². The highest BCUT2D eigenvalue weighted by Crippen LogP contribution is 2.31. The quantitative estimate of drug-likeness (QED) is 0.628. The van der Waals surface area contributed by atoms with E-state index < -0.39 is 23.6 Å². The lowest BCUT2D eigenvalue weighted by Gasteiger charge is -2.10. The molecule has 0 atom stereocenters. The van der Waals surface area contributed by atoms with Crippen LogP contribution in [-0.2, 0) is 19.8 Å². The zero-order valence-electron chi connectivity index (χ0n) is 15.8. The molecule has 30 heavy (non-hydrogen) atoms. The van der Waals surface area contributed by atoms with Gasteiger partial charge in [0.1, 0.15) is 23.8 Å². The number of anilines is 1. The molecule has 3 rings (SSSR count). The Morgan fingerprint density at radius 1 is 1.33 bits per heavy atom. The molecule has 0 fully saturated rings. The number of carbonyl (C=O) groups is 2. The van der Waals surface area contributed by atoms with Gasteiger partial charge in [-0.05, 0) is 25.1 Å². The molecule has 0 saturated carbocycles. The smallest absolute Gasteiger partial charge is 0.416 e. The molecular weight excluding hydrogens is 407 g/mol.